The number of rotatable bonds is 3. The van der Waals surface area contributed by atoms with E-state index in [1.54, 1.807) is 24.5 Å². The fourth-order valence-electron chi connectivity index (χ4n) is 3.17. The molecular weight excluding hydrogens is 383 g/mol. The number of ether oxygens (including phenoxy) is 1. The molecule has 0 fully saturated rings. The maximum absolute atomic E-state index is 14.3. The predicted octanol–water partition coefficient (Wildman–Crippen LogP) is 3.68. The third-order valence-corrected chi connectivity index (χ3v) is 5.16. The Labute approximate surface area is 166 Å². The number of benzene rings is 1. The van der Waals surface area contributed by atoms with Crippen molar-refractivity contribution in [1.82, 2.24) is 20.1 Å². The van der Waals surface area contributed by atoms with Crippen LogP contribution in [0.2, 0.25) is 5.02 Å². The van der Waals surface area contributed by atoms with E-state index in [0.717, 1.165) is 16.7 Å². The first-order valence-electron chi connectivity index (χ1n) is 8.78. The number of halogens is 2. The van der Waals surface area contributed by atoms with Crippen LogP contribution in [0.4, 0.5) is 4.39 Å². The van der Waals surface area contributed by atoms with E-state index in [1.165, 1.54) is 16.8 Å². The largest absolute Gasteiger partial charge is 0.373 e. The number of carbonyl (C=O) groups excluding carboxylic acids is 1. The zero-order chi connectivity index (χ0) is 19.8. The monoisotopic (exact) mass is 400 g/mol. The van der Waals surface area contributed by atoms with Crippen molar-refractivity contribution in [3.05, 3.63) is 75.6 Å². The lowest BCUT2D eigenvalue weighted by Gasteiger charge is -2.24. The van der Waals surface area contributed by atoms with Crippen molar-refractivity contribution < 1.29 is 13.9 Å². The Hall–Kier alpha value is -2.77. The Morgan fingerprint density at radius 3 is 2.89 bits per heavy atom. The Balaban J connectivity index is 1.64. The highest BCUT2D eigenvalue weighted by molar-refractivity contribution is 6.32. The number of pyridine rings is 1. The van der Waals surface area contributed by atoms with Gasteiger partial charge in [0, 0.05) is 11.8 Å². The molecule has 1 aliphatic heterocycles. The molecule has 0 aliphatic carbocycles. The first-order chi connectivity index (χ1) is 13.5. The zero-order valence-corrected chi connectivity index (χ0v) is 16.1. The molecule has 1 unspecified atom stereocenters. The molecule has 0 radical (unpaired) electrons. The van der Waals surface area contributed by atoms with E-state index in [9.17, 15) is 9.18 Å². The molecule has 1 amide bonds. The highest BCUT2D eigenvalue weighted by Crippen LogP contribution is 2.30. The summed E-state index contributed by atoms with van der Waals surface area (Å²) in [5.41, 5.74) is 3.92. The normalized spacial score (nSPS) is 15.9. The van der Waals surface area contributed by atoms with Crippen LogP contribution in [-0.4, -0.2) is 27.3 Å². The zero-order valence-electron chi connectivity index (χ0n) is 15.4. The molecule has 1 aromatic carbocycles. The summed E-state index contributed by atoms with van der Waals surface area (Å²) >= 11 is 6.17. The maximum atomic E-state index is 14.3. The van der Waals surface area contributed by atoms with Gasteiger partial charge in [-0.2, -0.15) is 5.10 Å². The lowest BCUT2D eigenvalue weighted by atomic mass is 10.1. The van der Waals surface area contributed by atoms with Crippen LogP contribution >= 0.6 is 11.6 Å². The van der Waals surface area contributed by atoms with Gasteiger partial charge in [0.1, 0.15) is 17.2 Å². The summed E-state index contributed by atoms with van der Waals surface area (Å²) in [6.07, 6.45) is 3.28. The van der Waals surface area contributed by atoms with Gasteiger partial charge in [-0.05, 0) is 43.2 Å². The first-order valence-corrected chi connectivity index (χ1v) is 9.16. The predicted molar refractivity (Wildman–Crippen MR) is 102 cm³/mol. The van der Waals surface area contributed by atoms with Crippen molar-refractivity contribution in [2.45, 2.75) is 26.5 Å². The highest BCUT2D eigenvalue weighted by atomic mass is 35.5. The van der Waals surface area contributed by atoms with E-state index >= 15 is 0 Å². The van der Waals surface area contributed by atoms with Crippen molar-refractivity contribution >= 4 is 17.5 Å². The van der Waals surface area contributed by atoms with Crippen LogP contribution in [-0.2, 0) is 11.3 Å². The Morgan fingerprint density at radius 1 is 1.32 bits per heavy atom. The lowest BCUT2D eigenvalue weighted by molar-refractivity contribution is 0.0684. The van der Waals surface area contributed by atoms with E-state index in [4.69, 9.17) is 16.3 Å². The molecular formula is C20H18ClFN4O2. The van der Waals surface area contributed by atoms with Crippen LogP contribution in [0, 0.1) is 19.7 Å². The highest BCUT2D eigenvalue weighted by Gasteiger charge is 2.28. The Kier molecular flexibility index (Phi) is 4.87. The number of amides is 1. The quantitative estimate of drug-likeness (QED) is 0.728. The van der Waals surface area contributed by atoms with Crippen molar-refractivity contribution in [2.24, 2.45) is 0 Å². The molecule has 3 aromatic rings. The average molecular weight is 401 g/mol. The third-order valence-electron chi connectivity index (χ3n) is 4.86. The van der Waals surface area contributed by atoms with Crippen LogP contribution in [0.1, 0.15) is 38.9 Å². The molecule has 8 heteroatoms. The maximum Gasteiger partial charge on any atom is 0.270 e. The number of carbonyl (C=O) groups is 1. The van der Waals surface area contributed by atoms with Crippen LogP contribution in [0.15, 0.2) is 36.7 Å². The number of hydrogen-bond donors (Lipinski definition) is 1. The summed E-state index contributed by atoms with van der Waals surface area (Å²) < 4.78 is 21.4. The number of para-hydroxylation sites is 1. The number of fused-ring (bicyclic) bond motifs is 1. The van der Waals surface area contributed by atoms with Gasteiger partial charge in [-0.25, -0.2) is 9.07 Å². The second-order valence-electron chi connectivity index (χ2n) is 6.72. The molecule has 1 atom stereocenters. The van der Waals surface area contributed by atoms with Crippen LogP contribution < -0.4 is 5.32 Å². The van der Waals surface area contributed by atoms with Gasteiger partial charge in [-0.1, -0.05) is 17.7 Å². The fourth-order valence-corrected chi connectivity index (χ4v) is 3.41. The topological polar surface area (TPSA) is 69.0 Å². The molecule has 3 heterocycles. The molecule has 4 rings (SSSR count). The number of nitrogens with zero attached hydrogens (tertiary/aromatic N) is 3. The number of aryl methyl sites for hydroxylation is 2. The summed E-state index contributed by atoms with van der Waals surface area (Å²) in [5, 5.41) is 7.46. The molecule has 0 spiro atoms. The van der Waals surface area contributed by atoms with E-state index in [1.807, 2.05) is 13.8 Å². The van der Waals surface area contributed by atoms with Gasteiger partial charge in [-0.3, -0.25) is 9.78 Å². The van der Waals surface area contributed by atoms with Gasteiger partial charge in [0.05, 0.1) is 36.2 Å². The molecule has 144 valence electrons. The van der Waals surface area contributed by atoms with Crippen molar-refractivity contribution in [2.75, 3.05) is 6.61 Å². The van der Waals surface area contributed by atoms with Crippen molar-refractivity contribution in [3.63, 3.8) is 0 Å². The Morgan fingerprint density at radius 2 is 2.14 bits per heavy atom. The third kappa shape index (κ3) is 3.27. The first kappa shape index (κ1) is 18.6. The second kappa shape index (κ2) is 7.33. The molecule has 2 aromatic heterocycles. The number of hydrogen-bond acceptors (Lipinski definition) is 4. The summed E-state index contributed by atoms with van der Waals surface area (Å²) in [4.78, 5) is 16.8. The van der Waals surface area contributed by atoms with E-state index < -0.39 is 11.9 Å². The molecule has 1 aliphatic rings. The summed E-state index contributed by atoms with van der Waals surface area (Å²) in [6.45, 7) is 4.40. The molecule has 6 nitrogen and oxygen atoms in total. The van der Waals surface area contributed by atoms with Gasteiger partial charge in [0.2, 0.25) is 0 Å². The Bertz CT molecular complexity index is 1050. The molecule has 0 saturated heterocycles. The van der Waals surface area contributed by atoms with E-state index in [-0.39, 0.29) is 23.2 Å². The van der Waals surface area contributed by atoms with E-state index in [0.29, 0.717) is 18.0 Å². The molecule has 28 heavy (non-hydrogen) atoms. The van der Waals surface area contributed by atoms with Gasteiger partial charge in [0.25, 0.3) is 5.91 Å². The SMILES string of the molecule is Cc1cnc(C(=O)NC2COCc3c2cnn3-c2c(F)cccc2Cl)cc1C. The van der Waals surface area contributed by atoms with Crippen LogP contribution in [0.25, 0.3) is 5.69 Å². The lowest BCUT2D eigenvalue weighted by Crippen LogP contribution is -2.34. The summed E-state index contributed by atoms with van der Waals surface area (Å²) in [7, 11) is 0. The van der Waals surface area contributed by atoms with Crippen LogP contribution in [0.3, 0.4) is 0 Å². The van der Waals surface area contributed by atoms with Crippen molar-refractivity contribution in [3.8, 4) is 5.69 Å². The van der Waals surface area contributed by atoms with Gasteiger partial charge in [0.15, 0.2) is 0 Å². The second-order valence-corrected chi connectivity index (χ2v) is 7.13. The fraction of sp³-hybridized carbons (Fsp3) is 0.250. The standard InChI is InChI=1S/C20H18ClFN4O2/c1-11-6-16(23-7-12(11)2)20(27)25-17-9-28-10-18-13(17)8-24-26(18)19-14(21)4-3-5-15(19)22/h3-8,17H,9-10H2,1-2H3,(H,25,27). The van der Waals surface area contributed by atoms with Crippen molar-refractivity contribution in [1.29, 1.82) is 0 Å². The number of nitrogens with one attached hydrogen (secondary N) is 1. The smallest absolute Gasteiger partial charge is 0.270 e. The minimum absolute atomic E-state index is 0.164. The molecule has 1 N–H and O–H groups in total. The molecule has 0 saturated carbocycles. The summed E-state index contributed by atoms with van der Waals surface area (Å²) in [6, 6.07) is 5.79. The van der Waals surface area contributed by atoms with Gasteiger partial charge in [-0.15, -0.1) is 0 Å². The molecule has 0 bridgehead atoms. The average Bonchev–Trinajstić information content (AvgIpc) is 3.09. The van der Waals surface area contributed by atoms with Gasteiger partial charge >= 0.3 is 0 Å². The minimum atomic E-state index is -0.483. The van der Waals surface area contributed by atoms with Gasteiger partial charge < -0.3 is 10.1 Å². The van der Waals surface area contributed by atoms with Crippen LogP contribution in [0.5, 0.6) is 0 Å². The van der Waals surface area contributed by atoms with E-state index in [2.05, 4.69) is 15.4 Å². The number of aromatic nitrogens is 3. The minimum Gasteiger partial charge on any atom is -0.373 e. The summed E-state index contributed by atoms with van der Waals surface area (Å²) in [5.74, 6) is -0.787.